The number of rotatable bonds is 6. The molecule has 0 fully saturated rings. The first-order chi connectivity index (χ1) is 12.6. The second-order valence-electron chi connectivity index (χ2n) is 5.61. The van der Waals surface area contributed by atoms with E-state index in [-0.39, 0.29) is 28.3 Å². The van der Waals surface area contributed by atoms with E-state index in [2.05, 4.69) is 4.98 Å². The lowest BCUT2D eigenvalue weighted by Crippen LogP contribution is -2.19. The van der Waals surface area contributed by atoms with Crippen molar-refractivity contribution in [1.82, 2.24) is 4.98 Å². The Morgan fingerprint density at radius 2 is 1.73 bits per heavy atom. The third-order valence-electron chi connectivity index (χ3n) is 3.96. The van der Waals surface area contributed by atoms with Crippen LogP contribution in [0.15, 0.2) is 42.6 Å². The molecule has 130 valence electrons. The summed E-state index contributed by atoms with van der Waals surface area (Å²) in [7, 11) is 0. The summed E-state index contributed by atoms with van der Waals surface area (Å²) in [6, 6.07) is 8.87. The number of nitrogens with zero attached hydrogens (tertiary/aromatic N) is 2. The van der Waals surface area contributed by atoms with Gasteiger partial charge in [0.25, 0.3) is 0 Å². The smallest absolute Gasteiger partial charge is 0.220 e. The van der Waals surface area contributed by atoms with E-state index < -0.39 is 0 Å². The Morgan fingerprint density at radius 1 is 1.04 bits per heavy atom. The normalized spacial score (nSPS) is 10.5. The van der Waals surface area contributed by atoms with Gasteiger partial charge in [-0.3, -0.25) is 24.3 Å². The summed E-state index contributed by atoms with van der Waals surface area (Å²) in [5.74, 6) is -0.671. The number of aldehydes is 1. The molecular weight excluding hydrogens is 339 g/mol. The fourth-order valence-electron chi connectivity index (χ4n) is 2.70. The van der Waals surface area contributed by atoms with Crippen molar-refractivity contribution in [2.45, 2.75) is 6.42 Å². The first kappa shape index (κ1) is 17.2. The van der Waals surface area contributed by atoms with Gasteiger partial charge in [0.15, 0.2) is 12.0 Å². The molecule has 3 rings (SSSR count). The average molecular weight is 352 g/mol. The number of benzene rings is 2. The van der Waals surface area contributed by atoms with E-state index >= 15 is 0 Å². The van der Waals surface area contributed by atoms with Crippen LogP contribution in [0, 0.1) is 5.82 Å². The van der Waals surface area contributed by atoms with Crippen LogP contribution in [0.5, 0.6) is 5.75 Å². The molecule has 7 heteroatoms. The van der Waals surface area contributed by atoms with Gasteiger partial charge in [0.2, 0.25) is 12.8 Å². The molecule has 0 unspecified atom stereocenters. The highest BCUT2D eigenvalue weighted by molar-refractivity contribution is 6.09. The Kier molecular flexibility index (Phi) is 4.70. The van der Waals surface area contributed by atoms with Gasteiger partial charge in [-0.1, -0.05) is 12.1 Å². The summed E-state index contributed by atoms with van der Waals surface area (Å²) < 4.78 is 13.0. The lowest BCUT2D eigenvalue weighted by atomic mass is 10.0. The summed E-state index contributed by atoms with van der Waals surface area (Å²) in [6.45, 7) is 0. The molecule has 1 N–H and O–H groups in total. The number of hydrogen-bond donors (Lipinski definition) is 1. The van der Waals surface area contributed by atoms with Crippen LogP contribution in [0.4, 0.5) is 10.1 Å². The van der Waals surface area contributed by atoms with E-state index in [9.17, 15) is 23.9 Å². The molecule has 0 aliphatic carbocycles. The maximum atomic E-state index is 13.0. The van der Waals surface area contributed by atoms with E-state index in [1.807, 2.05) is 0 Å². The molecule has 2 amide bonds. The molecule has 0 radical (unpaired) electrons. The molecule has 0 spiro atoms. The van der Waals surface area contributed by atoms with Crippen molar-refractivity contribution in [3.8, 4) is 5.75 Å². The van der Waals surface area contributed by atoms with E-state index in [1.54, 1.807) is 18.2 Å². The monoisotopic (exact) mass is 352 g/mol. The minimum absolute atomic E-state index is 0.0833. The molecule has 0 saturated carbocycles. The molecule has 0 atom stereocenters. The third-order valence-corrected chi connectivity index (χ3v) is 3.96. The first-order valence-corrected chi connectivity index (χ1v) is 7.60. The van der Waals surface area contributed by atoms with Crippen molar-refractivity contribution in [2.24, 2.45) is 0 Å². The molecule has 1 aromatic heterocycles. The van der Waals surface area contributed by atoms with Gasteiger partial charge in [0.05, 0.1) is 11.3 Å². The van der Waals surface area contributed by atoms with Gasteiger partial charge in [0.1, 0.15) is 11.3 Å². The largest absolute Gasteiger partial charge is 0.505 e. The highest BCUT2D eigenvalue weighted by Crippen LogP contribution is 2.34. The number of hydrogen-bond acceptors (Lipinski definition) is 5. The first-order valence-electron chi connectivity index (χ1n) is 7.60. The van der Waals surface area contributed by atoms with Gasteiger partial charge in [-0.15, -0.1) is 0 Å². The predicted octanol–water partition coefficient (Wildman–Crippen LogP) is 2.60. The lowest BCUT2D eigenvalue weighted by Gasteiger charge is -2.15. The average Bonchev–Trinajstić information content (AvgIpc) is 2.66. The summed E-state index contributed by atoms with van der Waals surface area (Å²) in [6.07, 6.45) is 2.97. The SMILES string of the molecule is O=Cc1cc(N(C=O)C=O)c2cc(Cc3ccc(F)cc3)cnc2c1O. The van der Waals surface area contributed by atoms with Crippen LogP contribution in [0.1, 0.15) is 21.5 Å². The lowest BCUT2D eigenvalue weighted by molar-refractivity contribution is -0.113. The molecule has 0 bridgehead atoms. The quantitative estimate of drug-likeness (QED) is 0.689. The summed E-state index contributed by atoms with van der Waals surface area (Å²) >= 11 is 0. The number of aromatic hydroxyl groups is 1. The fourth-order valence-corrected chi connectivity index (χ4v) is 2.70. The maximum absolute atomic E-state index is 13.0. The van der Waals surface area contributed by atoms with E-state index in [1.165, 1.54) is 24.4 Å². The highest BCUT2D eigenvalue weighted by Gasteiger charge is 2.17. The van der Waals surface area contributed by atoms with Crippen molar-refractivity contribution < 1.29 is 23.9 Å². The molecule has 3 aromatic rings. The Bertz CT molecular complexity index is 995. The van der Waals surface area contributed by atoms with Gasteiger partial charge < -0.3 is 5.11 Å². The van der Waals surface area contributed by atoms with E-state index in [0.29, 0.717) is 30.9 Å². The number of phenolic OH excluding ortho intramolecular Hbond substituents is 1. The topological polar surface area (TPSA) is 87.6 Å². The van der Waals surface area contributed by atoms with Crippen molar-refractivity contribution in [2.75, 3.05) is 4.90 Å². The van der Waals surface area contributed by atoms with Crippen molar-refractivity contribution in [3.63, 3.8) is 0 Å². The third kappa shape index (κ3) is 3.14. The molecule has 0 aliphatic rings. The number of amides is 2. The number of pyridine rings is 1. The second kappa shape index (κ2) is 7.10. The second-order valence-corrected chi connectivity index (χ2v) is 5.61. The van der Waals surface area contributed by atoms with Gasteiger partial charge in [-0.2, -0.15) is 0 Å². The number of carbonyl (C=O) groups excluding carboxylic acids is 3. The summed E-state index contributed by atoms with van der Waals surface area (Å²) in [5, 5.41) is 10.5. The van der Waals surface area contributed by atoms with Crippen LogP contribution >= 0.6 is 0 Å². The Balaban J connectivity index is 2.16. The highest BCUT2D eigenvalue weighted by atomic mass is 19.1. The Morgan fingerprint density at radius 3 is 2.35 bits per heavy atom. The number of imide groups is 1. The number of phenols is 1. The van der Waals surface area contributed by atoms with Crippen molar-refractivity contribution in [1.29, 1.82) is 0 Å². The predicted molar refractivity (Wildman–Crippen MR) is 92.6 cm³/mol. The van der Waals surface area contributed by atoms with Gasteiger partial charge >= 0.3 is 0 Å². The van der Waals surface area contributed by atoms with Gasteiger partial charge in [0, 0.05) is 11.6 Å². The number of halogens is 1. The number of anilines is 1. The van der Waals surface area contributed by atoms with Crippen LogP contribution in [0.2, 0.25) is 0 Å². The van der Waals surface area contributed by atoms with E-state index in [4.69, 9.17) is 0 Å². The zero-order chi connectivity index (χ0) is 18.7. The van der Waals surface area contributed by atoms with Crippen LogP contribution in [-0.4, -0.2) is 29.2 Å². The van der Waals surface area contributed by atoms with Gasteiger partial charge in [-0.25, -0.2) is 4.39 Å². The number of aromatic nitrogens is 1. The molecule has 0 aliphatic heterocycles. The molecule has 2 aromatic carbocycles. The molecule has 26 heavy (non-hydrogen) atoms. The molecule has 1 heterocycles. The number of fused-ring (bicyclic) bond motifs is 1. The van der Waals surface area contributed by atoms with Crippen LogP contribution in [-0.2, 0) is 16.0 Å². The van der Waals surface area contributed by atoms with Crippen LogP contribution < -0.4 is 4.90 Å². The van der Waals surface area contributed by atoms with Crippen LogP contribution in [0.25, 0.3) is 10.9 Å². The summed E-state index contributed by atoms with van der Waals surface area (Å²) in [5.41, 5.74) is 1.71. The van der Waals surface area contributed by atoms with Gasteiger partial charge in [-0.05, 0) is 41.8 Å². The van der Waals surface area contributed by atoms with Crippen LogP contribution in [0.3, 0.4) is 0 Å². The molecule has 0 saturated heterocycles. The fraction of sp³-hybridized carbons (Fsp3) is 0.0526. The Hall–Kier alpha value is -3.61. The molecule has 6 nitrogen and oxygen atoms in total. The number of carbonyl (C=O) groups is 3. The Labute approximate surface area is 147 Å². The zero-order valence-corrected chi connectivity index (χ0v) is 13.4. The standard InChI is InChI=1S/C19H13FN2O4/c20-15-3-1-12(2-4-15)5-13-6-16-17(22(10-24)11-25)7-14(9-23)19(26)18(16)21-8-13/h1-4,6-11,26H,5H2. The maximum Gasteiger partial charge on any atom is 0.220 e. The van der Waals surface area contributed by atoms with Crippen molar-refractivity contribution >= 4 is 35.7 Å². The van der Waals surface area contributed by atoms with E-state index in [0.717, 1.165) is 16.0 Å². The summed E-state index contributed by atoms with van der Waals surface area (Å²) in [4.78, 5) is 38.4. The van der Waals surface area contributed by atoms with Crippen molar-refractivity contribution in [3.05, 3.63) is 65.1 Å². The minimum atomic E-state index is -0.341. The minimum Gasteiger partial charge on any atom is -0.505 e. The molecular formula is C19H13FN2O4. The zero-order valence-electron chi connectivity index (χ0n) is 13.4.